The van der Waals surface area contributed by atoms with Gasteiger partial charge in [0, 0.05) is 33.7 Å². The molecule has 0 N–H and O–H groups in total. The standard InChI is InChI=1S/C9H17NOS.C2H6.W/c1-6(2)7(3)10-5-4-8(12)9(10)11;1-2;/h6-8,12H,4-5H2,1-3H3;1-2H3;/p-1. The second-order valence-electron chi connectivity index (χ2n) is 3.79. The van der Waals surface area contributed by atoms with Crippen molar-refractivity contribution in [1.82, 2.24) is 4.90 Å². The summed E-state index contributed by atoms with van der Waals surface area (Å²) < 4.78 is 0. The Kier molecular flexibility index (Phi) is 10.3. The second kappa shape index (κ2) is 8.64. The number of likely N-dealkylation sites (tertiary alicyclic amines) is 1. The first-order valence-electron chi connectivity index (χ1n) is 5.50. The van der Waals surface area contributed by atoms with E-state index in [-0.39, 0.29) is 32.2 Å². The topological polar surface area (TPSA) is 20.3 Å². The normalized spacial score (nSPS) is 21.9. The van der Waals surface area contributed by atoms with Gasteiger partial charge < -0.3 is 17.5 Å². The number of carbonyl (C=O) groups excluding carboxylic acids is 1. The summed E-state index contributed by atoms with van der Waals surface area (Å²) in [7, 11) is 0. The molecule has 2 unspecified atom stereocenters. The summed E-state index contributed by atoms with van der Waals surface area (Å²) >= 11 is 5.02. The molecule has 0 saturated carbocycles. The van der Waals surface area contributed by atoms with Gasteiger partial charge >= 0.3 is 0 Å². The number of hydrogen-bond donors (Lipinski definition) is 0. The zero-order valence-corrected chi connectivity index (χ0v) is 14.1. The van der Waals surface area contributed by atoms with Crippen molar-refractivity contribution >= 4 is 18.5 Å². The van der Waals surface area contributed by atoms with Crippen molar-refractivity contribution in [3.63, 3.8) is 0 Å². The fraction of sp³-hybridized carbons (Fsp3) is 0.909. The Morgan fingerprint density at radius 3 is 2.07 bits per heavy atom. The van der Waals surface area contributed by atoms with Crippen LogP contribution in [-0.2, 0) is 38.5 Å². The maximum atomic E-state index is 11.5. The van der Waals surface area contributed by atoms with E-state index in [9.17, 15) is 4.79 Å². The average Bonchev–Trinajstić information content (AvgIpc) is 2.50. The number of carbonyl (C=O) groups is 1. The Hall–Kier alpha value is 0.508. The molecule has 4 heteroatoms. The third kappa shape index (κ3) is 4.91. The Balaban J connectivity index is 0. The molecule has 0 bridgehead atoms. The molecular formula is C11H22NOSW-. The van der Waals surface area contributed by atoms with E-state index in [1.54, 1.807) is 0 Å². The van der Waals surface area contributed by atoms with Crippen molar-refractivity contribution in [1.29, 1.82) is 0 Å². The average molecular weight is 400 g/mol. The summed E-state index contributed by atoms with van der Waals surface area (Å²) in [5, 5.41) is -0.161. The van der Waals surface area contributed by atoms with Gasteiger partial charge in [-0.2, -0.15) is 0 Å². The zero-order valence-electron chi connectivity index (χ0n) is 10.3. The molecule has 0 aromatic carbocycles. The Morgan fingerprint density at radius 2 is 1.80 bits per heavy atom. The van der Waals surface area contributed by atoms with Crippen LogP contribution in [0.1, 0.15) is 41.0 Å². The van der Waals surface area contributed by atoms with Gasteiger partial charge in [-0.05, 0) is 19.3 Å². The van der Waals surface area contributed by atoms with Crippen LogP contribution in [0.25, 0.3) is 0 Å². The number of nitrogens with zero attached hydrogens (tertiary/aromatic N) is 1. The van der Waals surface area contributed by atoms with E-state index in [4.69, 9.17) is 12.6 Å². The smallest absolute Gasteiger partial charge is 0.201 e. The molecule has 1 aliphatic rings. The maximum Gasteiger partial charge on any atom is 0.201 e. The van der Waals surface area contributed by atoms with Crippen LogP contribution >= 0.6 is 0 Å². The van der Waals surface area contributed by atoms with E-state index in [1.807, 2.05) is 18.7 Å². The molecule has 2 nitrogen and oxygen atoms in total. The first kappa shape index (κ1) is 17.9. The van der Waals surface area contributed by atoms with Gasteiger partial charge in [-0.3, -0.25) is 4.79 Å². The monoisotopic (exact) mass is 400 g/mol. The van der Waals surface area contributed by atoms with Crippen LogP contribution in [0.3, 0.4) is 0 Å². The van der Waals surface area contributed by atoms with Crippen LogP contribution in [0.4, 0.5) is 0 Å². The number of amides is 1. The van der Waals surface area contributed by atoms with E-state index < -0.39 is 0 Å². The molecule has 1 rings (SSSR count). The van der Waals surface area contributed by atoms with Crippen LogP contribution in [-0.4, -0.2) is 28.6 Å². The third-order valence-electron chi connectivity index (χ3n) is 2.65. The van der Waals surface area contributed by atoms with Crippen LogP contribution in [0, 0.1) is 5.92 Å². The summed E-state index contributed by atoms with van der Waals surface area (Å²) in [6, 6.07) is 0.338. The van der Waals surface area contributed by atoms with Gasteiger partial charge in [-0.15, -0.1) is 0 Å². The molecule has 15 heavy (non-hydrogen) atoms. The van der Waals surface area contributed by atoms with Crippen LogP contribution in [0.15, 0.2) is 0 Å². The predicted molar refractivity (Wildman–Crippen MR) is 63.1 cm³/mol. The Morgan fingerprint density at radius 1 is 1.33 bits per heavy atom. The quantitative estimate of drug-likeness (QED) is 0.663. The summed E-state index contributed by atoms with van der Waals surface area (Å²) in [6.07, 6.45) is 0.852. The zero-order chi connectivity index (χ0) is 11.3. The molecule has 90 valence electrons. The second-order valence-corrected chi connectivity index (χ2v) is 4.36. The van der Waals surface area contributed by atoms with E-state index in [0.29, 0.717) is 12.0 Å². The van der Waals surface area contributed by atoms with Crippen LogP contribution in [0.5, 0.6) is 0 Å². The fourth-order valence-electron chi connectivity index (χ4n) is 1.44. The molecule has 0 aromatic heterocycles. The van der Waals surface area contributed by atoms with E-state index in [0.717, 1.165) is 13.0 Å². The third-order valence-corrected chi connectivity index (χ3v) is 3.08. The maximum absolute atomic E-state index is 11.5. The van der Waals surface area contributed by atoms with Gasteiger partial charge in [-0.25, -0.2) is 0 Å². The van der Waals surface area contributed by atoms with E-state index in [1.165, 1.54) is 0 Å². The van der Waals surface area contributed by atoms with Crippen LogP contribution < -0.4 is 0 Å². The van der Waals surface area contributed by atoms with Gasteiger partial charge in [0.2, 0.25) is 5.91 Å². The largest absolute Gasteiger partial charge is 0.780 e. The summed E-state index contributed by atoms with van der Waals surface area (Å²) in [5.74, 6) is 0.681. The summed E-state index contributed by atoms with van der Waals surface area (Å²) in [4.78, 5) is 13.4. The molecule has 1 saturated heterocycles. The first-order chi connectivity index (χ1) is 6.54. The van der Waals surface area contributed by atoms with Gasteiger partial charge in [0.05, 0.1) is 0 Å². The van der Waals surface area contributed by atoms with Gasteiger partial charge in [0.1, 0.15) is 0 Å². The van der Waals surface area contributed by atoms with Gasteiger partial charge in [-0.1, -0.05) is 32.9 Å². The molecule has 1 aliphatic heterocycles. The molecule has 0 aliphatic carbocycles. The van der Waals surface area contributed by atoms with Crippen molar-refractivity contribution in [3.8, 4) is 0 Å². The first-order valence-corrected chi connectivity index (χ1v) is 5.97. The van der Waals surface area contributed by atoms with E-state index >= 15 is 0 Å². The fourth-order valence-corrected chi connectivity index (χ4v) is 1.68. The van der Waals surface area contributed by atoms with E-state index in [2.05, 4.69) is 20.8 Å². The number of hydrogen-bond acceptors (Lipinski definition) is 2. The minimum absolute atomic E-state index is 0. The van der Waals surface area contributed by atoms with Gasteiger partial charge in [0.25, 0.3) is 0 Å². The minimum Gasteiger partial charge on any atom is -0.780 e. The van der Waals surface area contributed by atoms with Gasteiger partial charge in [0.15, 0.2) is 0 Å². The molecule has 1 amide bonds. The van der Waals surface area contributed by atoms with Crippen molar-refractivity contribution in [2.24, 2.45) is 5.92 Å². The molecule has 0 radical (unpaired) electrons. The summed E-state index contributed by atoms with van der Waals surface area (Å²) in [6.45, 7) is 11.2. The van der Waals surface area contributed by atoms with Crippen molar-refractivity contribution in [2.45, 2.75) is 52.3 Å². The predicted octanol–water partition coefficient (Wildman–Crippen LogP) is 2.20. The van der Waals surface area contributed by atoms with Crippen molar-refractivity contribution in [3.05, 3.63) is 0 Å². The van der Waals surface area contributed by atoms with Crippen LogP contribution in [0.2, 0.25) is 0 Å². The van der Waals surface area contributed by atoms with Crippen molar-refractivity contribution in [2.75, 3.05) is 6.54 Å². The molecule has 0 spiro atoms. The Labute approximate surface area is 114 Å². The molecule has 2 atom stereocenters. The SMILES string of the molecule is CC.CC(C)C(C)N1CCC([S-])C1=O.[W]. The molecule has 0 aromatic rings. The number of rotatable bonds is 2. The molecule has 1 fully saturated rings. The molecular weight excluding hydrogens is 378 g/mol. The Bertz CT molecular complexity index is 187. The van der Waals surface area contributed by atoms with Crippen molar-refractivity contribution < 1.29 is 25.9 Å². The minimum atomic E-state index is -0.161. The summed E-state index contributed by atoms with van der Waals surface area (Å²) in [5.41, 5.74) is 0. The molecule has 1 heterocycles.